The number of rotatable bonds is 4. The lowest BCUT2D eigenvalue weighted by molar-refractivity contribution is 0.0499. The van der Waals surface area contributed by atoms with Gasteiger partial charge in [0.05, 0.1) is 16.6 Å². The molecule has 0 unspecified atom stereocenters. The van der Waals surface area contributed by atoms with Crippen LogP contribution in [0.5, 0.6) is 5.75 Å². The monoisotopic (exact) mass is 272 g/mol. The fourth-order valence-electron chi connectivity index (χ4n) is 1.03. The van der Waals surface area contributed by atoms with Gasteiger partial charge in [-0.05, 0) is 40.5 Å². The number of halogens is 1. The van der Waals surface area contributed by atoms with Crippen molar-refractivity contribution in [2.75, 3.05) is 6.61 Å². The third kappa shape index (κ3) is 3.55. The second kappa shape index (κ2) is 5.75. The lowest BCUT2D eigenvalue weighted by atomic mass is 10.2. The molecule has 0 aromatic heterocycles. The van der Waals surface area contributed by atoms with Gasteiger partial charge in [0, 0.05) is 0 Å². The summed E-state index contributed by atoms with van der Waals surface area (Å²) in [7, 11) is 0. The van der Waals surface area contributed by atoms with Crippen LogP contribution < -0.4 is 0 Å². The van der Waals surface area contributed by atoms with E-state index in [0.29, 0.717) is 16.6 Å². The number of benzene rings is 1. The van der Waals surface area contributed by atoms with Crippen LogP contribution in [0.2, 0.25) is 0 Å². The first-order valence-electron chi connectivity index (χ1n) is 4.80. The van der Waals surface area contributed by atoms with E-state index in [1.54, 1.807) is 12.1 Å². The number of hydrogen-bond donors (Lipinski definition) is 1. The first-order valence-corrected chi connectivity index (χ1v) is 5.60. The smallest absolute Gasteiger partial charge is 0.338 e. The highest BCUT2D eigenvalue weighted by molar-refractivity contribution is 9.10. The van der Waals surface area contributed by atoms with E-state index in [-0.39, 0.29) is 5.75 Å². The molecule has 1 aromatic rings. The number of hydrogen-bond acceptors (Lipinski definition) is 3. The van der Waals surface area contributed by atoms with Crippen LogP contribution >= 0.6 is 15.9 Å². The van der Waals surface area contributed by atoms with Crippen LogP contribution in [0.3, 0.4) is 0 Å². The van der Waals surface area contributed by atoms with Crippen LogP contribution in [0.1, 0.15) is 30.1 Å². The molecule has 0 radical (unpaired) electrons. The van der Waals surface area contributed by atoms with Crippen molar-refractivity contribution in [1.29, 1.82) is 0 Å². The van der Waals surface area contributed by atoms with Gasteiger partial charge >= 0.3 is 5.97 Å². The van der Waals surface area contributed by atoms with Crippen molar-refractivity contribution < 1.29 is 14.6 Å². The molecule has 82 valence electrons. The molecule has 0 heterocycles. The maximum atomic E-state index is 11.4. The van der Waals surface area contributed by atoms with E-state index >= 15 is 0 Å². The number of phenols is 1. The Bertz CT molecular complexity index is 350. The zero-order valence-corrected chi connectivity index (χ0v) is 10.1. The van der Waals surface area contributed by atoms with Gasteiger partial charge < -0.3 is 9.84 Å². The first-order chi connectivity index (χ1) is 7.15. The number of unbranched alkanes of at least 4 members (excludes halogenated alkanes) is 1. The normalized spacial score (nSPS) is 10.0. The molecule has 15 heavy (non-hydrogen) atoms. The summed E-state index contributed by atoms with van der Waals surface area (Å²) >= 11 is 3.14. The maximum Gasteiger partial charge on any atom is 0.338 e. The molecular weight excluding hydrogens is 260 g/mol. The van der Waals surface area contributed by atoms with Crippen molar-refractivity contribution in [1.82, 2.24) is 0 Å². The fourth-order valence-corrected chi connectivity index (χ4v) is 1.28. The zero-order chi connectivity index (χ0) is 11.3. The minimum absolute atomic E-state index is 0.0416. The van der Waals surface area contributed by atoms with Gasteiger partial charge in [0.2, 0.25) is 0 Å². The molecule has 0 spiro atoms. The summed E-state index contributed by atoms with van der Waals surface area (Å²) in [6.45, 7) is 2.45. The molecule has 0 bridgehead atoms. The zero-order valence-electron chi connectivity index (χ0n) is 8.50. The second-order valence-electron chi connectivity index (χ2n) is 3.16. The highest BCUT2D eigenvalue weighted by atomic mass is 79.9. The van der Waals surface area contributed by atoms with Crippen molar-refractivity contribution in [2.45, 2.75) is 19.8 Å². The largest absolute Gasteiger partial charge is 0.507 e. The standard InChI is InChI=1S/C11H13BrO3/c1-2-3-6-15-11(14)8-4-5-9(12)10(13)7-8/h4-5,7,13H,2-3,6H2,1H3. The van der Waals surface area contributed by atoms with E-state index in [1.807, 2.05) is 6.92 Å². The summed E-state index contributed by atoms with van der Waals surface area (Å²) in [5.74, 6) is -0.355. The molecule has 0 amide bonds. The number of aromatic hydroxyl groups is 1. The minimum Gasteiger partial charge on any atom is -0.507 e. The first kappa shape index (κ1) is 12.0. The molecule has 0 saturated heterocycles. The third-order valence-corrected chi connectivity index (χ3v) is 2.58. The van der Waals surface area contributed by atoms with Gasteiger partial charge in [0.15, 0.2) is 0 Å². The molecule has 0 atom stereocenters. The highest BCUT2D eigenvalue weighted by Crippen LogP contribution is 2.24. The van der Waals surface area contributed by atoms with Crippen LogP contribution in [0.15, 0.2) is 22.7 Å². The van der Waals surface area contributed by atoms with Gasteiger partial charge in [0.25, 0.3) is 0 Å². The Kier molecular flexibility index (Phi) is 4.62. The fraction of sp³-hybridized carbons (Fsp3) is 0.364. The Labute approximate surface area is 97.2 Å². The maximum absolute atomic E-state index is 11.4. The summed E-state index contributed by atoms with van der Waals surface area (Å²) < 4.78 is 5.56. The molecule has 0 fully saturated rings. The van der Waals surface area contributed by atoms with Crippen molar-refractivity contribution in [3.63, 3.8) is 0 Å². The molecule has 4 heteroatoms. The van der Waals surface area contributed by atoms with Gasteiger partial charge in [-0.3, -0.25) is 0 Å². The number of esters is 1. The molecule has 1 rings (SSSR count). The Morgan fingerprint density at radius 3 is 2.87 bits per heavy atom. The van der Waals surface area contributed by atoms with E-state index in [0.717, 1.165) is 12.8 Å². The quantitative estimate of drug-likeness (QED) is 0.677. The highest BCUT2D eigenvalue weighted by Gasteiger charge is 2.08. The summed E-state index contributed by atoms with van der Waals surface area (Å²) in [5, 5.41) is 9.37. The minimum atomic E-state index is -0.397. The van der Waals surface area contributed by atoms with E-state index in [1.165, 1.54) is 6.07 Å². The topological polar surface area (TPSA) is 46.5 Å². The number of carbonyl (C=O) groups excluding carboxylic acids is 1. The van der Waals surface area contributed by atoms with Crippen LogP contribution in [-0.4, -0.2) is 17.7 Å². The van der Waals surface area contributed by atoms with E-state index in [9.17, 15) is 9.90 Å². The Morgan fingerprint density at radius 2 is 2.27 bits per heavy atom. The lowest BCUT2D eigenvalue weighted by Crippen LogP contribution is -2.06. The molecule has 0 aliphatic rings. The predicted molar refractivity (Wildman–Crippen MR) is 61.0 cm³/mol. The molecule has 0 saturated carbocycles. The summed E-state index contributed by atoms with van der Waals surface area (Å²) in [4.78, 5) is 11.4. The molecule has 1 N–H and O–H groups in total. The number of carbonyl (C=O) groups is 1. The Balaban J connectivity index is 2.62. The summed E-state index contributed by atoms with van der Waals surface area (Å²) in [6, 6.07) is 4.61. The molecule has 0 aliphatic heterocycles. The van der Waals surface area contributed by atoms with Crippen LogP contribution in [0, 0.1) is 0 Å². The van der Waals surface area contributed by atoms with Crippen molar-refractivity contribution >= 4 is 21.9 Å². The average Bonchev–Trinajstić information content (AvgIpc) is 2.22. The number of ether oxygens (including phenoxy) is 1. The van der Waals surface area contributed by atoms with Crippen LogP contribution in [-0.2, 0) is 4.74 Å². The average molecular weight is 273 g/mol. The van der Waals surface area contributed by atoms with Gasteiger partial charge in [-0.1, -0.05) is 13.3 Å². The summed E-state index contributed by atoms with van der Waals surface area (Å²) in [5.41, 5.74) is 0.367. The number of phenolic OH excluding ortho intramolecular Hbond substituents is 1. The van der Waals surface area contributed by atoms with E-state index < -0.39 is 5.97 Å². The van der Waals surface area contributed by atoms with Crippen LogP contribution in [0.25, 0.3) is 0 Å². The SMILES string of the molecule is CCCCOC(=O)c1ccc(Br)c(O)c1. The Morgan fingerprint density at radius 1 is 1.53 bits per heavy atom. The molecule has 3 nitrogen and oxygen atoms in total. The lowest BCUT2D eigenvalue weighted by Gasteiger charge is -2.04. The Hall–Kier alpha value is -1.03. The molecular formula is C11H13BrO3. The van der Waals surface area contributed by atoms with Gasteiger partial charge in [0.1, 0.15) is 5.75 Å². The second-order valence-corrected chi connectivity index (χ2v) is 4.01. The van der Waals surface area contributed by atoms with E-state index in [4.69, 9.17) is 4.74 Å². The van der Waals surface area contributed by atoms with Gasteiger partial charge in [-0.15, -0.1) is 0 Å². The summed E-state index contributed by atoms with van der Waals surface area (Å²) in [6.07, 6.45) is 1.84. The van der Waals surface area contributed by atoms with Gasteiger partial charge in [-0.2, -0.15) is 0 Å². The van der Waals surface area contributed by atoms with E-state index in [2.05, 4.69) is 15.9 Å². The van der Waals surface area contributed by atoms with Crippen molar-refractivity contribution in [3.05, 3.63) is 28.2 Å². The predicted octanol–water partition coefficient (Wildman–Crippen LogP) is 3.11. The molecule has 1 aromatic carbocycles. The van der Waals surface area contributed by atoms with Crippen molar-refractivity contribution in [3.8, 4) is 5.75 Å². The van der Waals surface area contributed by atoms with Crippen LogP contribution in [0.4, 0.5) is 0 Å². The third-order valence-electron chi connectivity index (χ3n) is 1.91. The van der Waals surface area contributed by atoms with Crippen molar-refractivity contribution in [2.24, 2.45) is 0 Å². The van der Waals surface area contributed by atoms with Gasteiger partial charge in [-0.25, -0.2) is 4.79 Å². The molecule has 0 aliphatic carbocycles.